The van der Waals surface area contributed by atoms with Gasteiger partial charge >= 0.3 is 0 Å². The Labute approximate surface area is 74.8 Å². The van der Waals surface area contributed by atoms with Crippen molar-refractivity contribution in [2.24, 2.45) is 0 Å². The van der Waals surface area contributed by atoms with Gasteiger partial charge in [-0.3, -0.25) is 0 Å². The monoisotopic (exact) mass is 188 g/mol. The summed E-state index contributed by atoms with van der Waals surface area (Å²) in [5, 5.41) is 8.81. The summed E-state index contributed by atoms with van der Waals surface area (Å²) in [6.07, 6.45) is -2.51. The van der Waals surface area contributed by atoms with Gasteiger partial charge in [0.15, 0.2) is 0 Å². The summed E-state index contributed by atoms with van der Waals surface area (Å²) in [5.74, 6) is 0.292. The van der Waals surface area contributed by atoms with E-state index in [1.54, 1.807) is 0 Å². The summed E-state index contributed by atoms with van der Waals surface area (Å²) >= 11 is 0. The van der Waals surface area contributed by atoms with Crippen LogP contribution in [-0.4, -0.2) is 12.2 Å². The standard InChI is InChI=1S/C9H10F2O2/c1-13-8-4-6(9(10)11)2-3-7(8)5-12/h2-4,9,12H,5H2,1H3. The second-order valence-electron chi connectivity index (χ2n) is 2.53. The molecule has 0 aliphatic rings. The number of rotatable bonds is 3. The zero-order valence-corrected chi connectivity index (χ0v) is 7.13. The van der Waals surface area contributed by atoms with Gasteiger partial charge < -0.3 is 9.84 Å². The van der Waals surface area contributed by atoms with Gasteiger partial charge in [-0.2, -0.15) is 0 Å². The number of hydrogen-bond donors (Lipinski definition) is 1. The molecule has 0 amide bonds. The predicted molar refractivity (Wildman–Crippen MR) is 43.9 cm³/mol. The van der Waals surface area contributed by atoms with Crippen molar-refractivity contribution < 1.29 is 18.6 Å². The van der Waals surface area contributed by atoms with E-state index >= 15 is 0 Å². The maximum absolute atomic E-state index is 12.2. The molecule has 0 aromatic heterocycles. The molecule has 0 atom stereocenters. The van der Waals surface area contributed by atoms with Gasteiger partial charge in [0.25, 0.3) is 6.43 Å². The van der Waals surface area contributed by atoms with Crippen molar-refractivity contribution in [2.45, 2.75) is 13.0 Å². The molecule has 1 N–H and O–H groups in total. The quantitative estimate of drug-likeness (QED) is 0.787. The van der Waals surface area contributed by atoms with Crippen LogP contribution >= 0.6 is 0 Å². The molecule has 0 fully saturated rings. The Morgan fingerprint density at radius 3 is 2.62 bits per heavy atom. The first-order chi connectivity index (χ1) is 6.19. The maximum atomic E-state index is 12.2. The van der Waals surface area contributed by atoms with Crippen molar-refractivity contribution in [2.75, 3.05) is 7.11 Å². The first-order valence-electron chi connectivity index (χ1n) is 3.75. The van der Waals surface area contributed by atoms with Crippen LogP contribution in [0.1, 0.15) is 17.6 Å². The van der Waals surface area contributed by atoms with Gasteiger partial charge in [0.2, 0.25) is 0 Å². The summed E-state index contributed by atoms with van der Waals surface area (Å²) in [7, 11) is 1.38. The van der Waals surface area contributed by atoms with Crippen LogP contribution in [0.2, 0.25) is 0 Å². The minimum absolute atomic E-state index is 0.103. The van der Waals surface area contributed by atoms with E-state index in [1.165, 1.54) is 25.3 Å². The number of hydrogen-bond acceptors (Lipinski definition) is 2. The van der Waals surface area contributed by atoms with Gasteiger partial charge in [-0.15, -0.1) is 0 Å². The Kier molecular flexibility index (Phi) is 3.19. The van der Waals surface area contributed by atoms with Crippen LogP contribution in [0.4, 0.5) is 8.78 Å². The van der Waals surface area contributed by atoms with E-state index in [9.17, 15) is 8.78 Å². The predicted octanol–water partition coefficient (Wildman–Crippen LogP) is 2.13. The van der Waals surface area contributed by atoms with Crippen LogP contribution in [0.3, 0.4) is 0 Å². The van der Waals surface area contributed by atoms with E-state index in [0.717, 1.165) is 0 Å². The Morgan fingerprint density at radius 1 is 1.46 bits per heavy atom. The first kappa shape index (κ1) is 9.92. The number of aliphatic hydroxyl groups is 1. The van der Waals surface area contributed by atoms with Gasteiger partial charge in [0.1, 0.15) is 5.75 Å². The molecule has 0 saturated carbocycles. The fourth-order valence-corrected chi connectivity index (χ4v) is 1.03. The Balaban J connectivity index is 3.05. The number of methoxy groups -OCH3 is 1. The van der Waals surface area contributed by atoms with E-state index in [0.29, 0.717) is 11.3 Å². The van der Waals surface area contributed by atoms with E-state index < -0.39 is 6.43 Å². The van der Waals surface area contributed by atoms with Crippen LogP contribution in [-0.2, 0) is 6.61 Å². The fraction of sp³-hybridized carbons (Fsp3) is 0.333. The van der Waals surface area contributed by atoms with E-state index in [4.69, 9.17) is 9.84 Å². The molecule has 0 aliphatic heterocycles. The lowest BCUT2D eigenvalue weighted by molar-refractivity contribution is 0.151. The Morgan fingerprint density at radius 2 is 2.15 bits per heavy atom. The molecule has 13 heavy (non-hydrogen) atoms. The highest BCUT2D eigenvalue weighted by Crippen LogP contribution is 2.26. The molecule has 4 heteroatoms. The van der Waals surface area contributed by atoms with Crippen LogP contribution in [0.15, 0.2) is 18.2 Å². The lowest BCUT2D eigenvalue weighted by Gasteiger charge is -2.07. The second-order valence-corrected chi connectivity index (χ2v) is 2.53. The van der Waals surface area contributed by atoms with Crippen molar-refractivity contribution in [3.8, 4) is 5.75 Å². The largest absolute Gasteiger partial charge is 0.496 e. The topological polar surface area (TPSA) is 29.5 Å². The third kappa shape index (κ3) is 2.15. The molecule has 0 saturated heterocycles. The summed E-state index contributed by atoms with van der Waals surface area (Å²) in [6, 6.07) is 3.94. The highest BCUT2D eigenvalue weighted by atomic mass is 19.3. The van der Waals surface area contributed by atoms with Crippen LogP contribution < -0.4 is 4.74 Å². The van der Waals surface area contributed by atoms with E-state index in [2.05, 4.69) is 0 Å². The number of benzene rings is 1. The molecule has 72 valence electrons. The molecular weight excluding hydrogens is 178 g/mol. The molecule has 0 radical (unpaired) electrons. The van der Waals surface area contributed by atoms with Crippen molar-refractivity contribution >= 4 is 0 Å². The lowest BCUT2D eigenvalue weighted by atomic mass is 10.1. The average molecular weight is 188 g/mol. The SMILES string of the molecule is COc1cc(C(F)F)ccc1CO. The van der Waals surface area contributed by atoms with Crippen LogP contribution in [0.25, 0.3) is 0 Å². The third-order valence-electron chi connectivity index (χ3n) is 1.73. The summed E-state index contributed by atoms with van der Waals surface area (Å²) in [6.45, 7) is -0.216. The minimum atomic E-state index is -2.51. The van der Waals surface area contributed by atoms with E-state index in [1.807, 2.05) is 0 Å². The van der Waals surface area contributed by atoms with Gasteiger partial charge in [-0.1, -0.05) is 12.1 Å². The number of alkyl halides is 2. The molecule has 0 aliphatic carbocycles. The van der Waals surface area contributed by atoms with Crippen LogP contribution in [0, 0.1) is 0 Å². The second kappa shape index (κ2) is 4.18. The zero-order chi connectivity index (χ0) is 9.84. The van der Waals surface area contributed by atoms with Gasteiger partial charge in [-0.25, -0.2) is 8.78 Å². The van der Waals surface area contributed by atoms with Crippen molar-refractivity contribution in [3.63, 3.8) is 0 Å². The third-order valence-corrected chi connectivity index (χ3v) is 1.73. The number of halogens is 2. The molecule has 0 heterocycles. The van der Waals surface area contributed by atoms with Crippen molar-refractivity contribution in [1.82, 2.24) is 0 Å². The molecule has 1 rings (SSSR count). The van der Waals surface area contributed by atoms with Gasteiger partial charge in [0, 0.05) is 11.1 Å². The number of ether oxygens (including phenoxy) is 1. The number of aliphatic hydroxyl groups excluding tert-OH is 1. The highest BCUT2D eigenvalue weighted by molar-refractivity contribution is 5.37. The van der Waals surface area contributed by atoms with Crippen LogP contribution in [0.5, 0.6) is 5.75 Å². The smallest absolute Gasteiger partial charge is 0.263 e. The molecule has 1 aromatic rings. The first-order valence-corrected chi connectivity index (χ1v) is 3.75. The fourth-order valence-electron chi connectivity index (χ4n) is 1.03. The molecule has 0 bridgehead atoms. The zero-order valence-electron chi connectivity index (χ0n) is 7.13. The summed E-state index contributed by atoms with van der Waals surface area (Å²) < 4.78 is 29.2. The van der Waals surface area contributed by atoms with Gasteiger partial charge in [-0.05, 0) is 6.07 Å². The van der Waals surface area contributed by atoms with E-state index in [-0.39, 0.29) is 12.2 Å². The molecule has 1 aromatic carbocycles. The normalized spacial score (nSPS) is 10.5. The molecular formula is C9H10F2O2. The molecule has 0 unspecified atom stereocenters. The van der Waals surface area contributed by atoms with Crippen molar-refractivity contribution in [1.29, 1.82) is 0 Å². The summed E-state index contributed by atoms with van der Waals surface area (Å²) in [5.41, 5.74) is 0.404. The van der Waals surface area contributed by atoms with Gasteiger partial charge in [0.05, 0.1) is 13.7 Å². The Hall–Kier alpha value is -1.16. The summed E-state index contributed by atoms with van der Waals surface area (Å²) in [4.78, 5) is 0. The van der Waals surface area contributed by atoms with Crippen molar-refractivity contribution in [3.05, 3.63) is 29.3 Å². The highest BCUT2D eigenvalue weighted by Gasteiger charge is 2.10. The maximum Gasteiger partial charge on any atom is 0.263 e. The average Bonchev–Trinajstić information content (AvgIpc) is 2.16. The molecule has 2 nitrogen and oxygen atoms in total. The Bertz CT molecular complexity index is 287. The minimum Gasteiger partial charge on any atom is -0.496 e. The lowest BCUT2D eigenvalue weighted by Crippen LogP contribution is -1.94. The molecule has 0 spiro atoms.